The summed E-state index contributed by atoms with van der Waals surface area (Å²) in [4.78, 5) is 11.7. The Bertz CT molecular complexity index is 377. The lowest BCUT2D eigenvalue weighted by Crippen LogP contribution is -2.36. The van der Waals surface area contributed by atoms with E-state index < -0.39 is 0 Å². The number of amides is 1. The Morgan fingerprint density at radius 2 is 2.06 bits per heavy atom. The largest absolute Gasteiger partial charge is 0.483 e. The molecule has 100 valence electrons. The molecule has 0 radical (unpaired) electrons. The molecule has 1 amide bonds. The zero-order valence-corrected chi connectivity index (χ0v) is 11.5. The summed E-state index contributed by atoms with van der Waals surface area (Å²) in [7, 11) is 0. The molecule has 0 saturated carbocycles. The van der Waals surface area contributed by atoms with Gasteiger partial charge in [-0.05, 0) is 31.4 Å². The molecular weight excluding hydrogens is 226 g/mol. The van der Waals surface area contributed by atoms with Crippen LogP contribution in [0.25, 0.3) is 0 Å². The van der Waals surface area contributed by atoms with E-state index in [1.54, 1.807) is 0 Å². The number of rotatable bonds is 7. The number of hydrogen-bond donors (Lipinski definition) is 1. The predicted octanol–water partition coefficient (Wildman–Crippen LogP) is 2.93. The molecule has 1 N–H and O–H groups in total. The highest BCUT2D eigenvalue weighted by atomic mass is 16.5. The molecule has 1 aromatic carbocycles. The van der Waals surface area contributed by atoms with Gasteiger partial charge in [0.25, 0.3) is 5.91 Å². The van der Waals surface area contributed by atoms with E-state index in [9.17, 15) is 4.79 Å². The highest BCUT2D eigenvalue weighted by Crippen LogP contribution is 2.17. The number of aryl methyl sites for hydroxylation is 1. The van der Waals surface area contributed by atoms with Gasteiger partial charge in [-0.2, -0.15) is 0 Å². The van der Waals surface area contributed by atoms with E-state index >= 15 is 0 Å². The molecule has 0 aliphatic rings. The van der Waals surface area contributed by atoms with Crippen molar-refractivity contribution in [3.63, 3.8) is 0 Å². The minimum absolute atomic E-state index is 0.0538. The van der Waals surface area contributed by atoms with E-state index in [4.69, 9.17) is 4.74 Å². The molecule has 0 spiro atoms. The summed E-state index contributed by atoms with van der Waals surface area (Å²) in [6.45, 7) is 6.29. The third-order valence-corrected chi connectivity index (χ3v) is 2.84. The summed E-state index contributed by atoms with van der Waals surface area (Å²) < 4.78 is 5.56. The number of carbonyl (C=O) groups excluding carboxylic acids is 1. The topological polar surface area (TPSA) is 38.3 Å². The summed E-state index contributed by atoms with van der Waals surface area (Å²) in [6, 6.07) is 8.04. The molecule has 0 unspecified atom stereocenters. The zero-order chi connectivity index (χ0) is 13.4. The monoisotopic (exact) mass is 249 g/mol. The summed E-state index contributed by atoms with van der Waals surface area (Å²) in [5.74, 6) is 0.750. The van der Waals surface area contributed by atoms with Crippen molar-refractivity contribution >= 4 is 5.91 Å². The van der Waals surface area contributed by atoms with Crippen molar-refractivity contribution in [1.82, 2.24) is 5.32 Å². The molecule has 0 aliphatic heterocycles. The molecule has 1 rings (SSSR count). The van der Waals surface area contributed by atoms with Crippen LogP contribution >= 0.6 is 0 Å². The number of nitrogens with one attached hydrogen (secondary N) is 1. The second kappa shape index (κ2) is 7.75. The van der Waals surface area contributed by atoms with Crippen LogP contribution in [0.3, 0.4) is 0 Å². The fourth-order valence-electron chi connectivity index (χ4n) is 1.90. The summed E-state index contributed by atoms with van der Waals surface area (Å²) in [5, 5.41) is 2.92. The smallest absolute Gasteiger partial charge is 0.258 e. The Morgan fingerprint density at radius 1 is 1.33 bits per heavy atom. The van der Waals surface area contributed by atoms with E-state index in [1.165, 1.54) is 0 Å². The minimum atomic E-state index is -0.0538. The van der Waals surface area contributed by atoms with Gasteiger partial charge >= 0.3 is 0 Å². The Balaban J connectivity index is 2.42. The van der Waals surface area contributed by atoms with Crippen molar-refractivity contribution in [2.24, 2.45) is 0 Å². The van der Waals surface area contributed by atoms with Gasteiger partial charge in [0.1, 0.15) is 5.75 Å². The molecule has 3 heteroatoms. The summed E-state index contributed by atoms with van der Waals surface area (Å²) >= 11 is 0. The van der Waals surface area contributed by atoms with Crippen LogP contribution in [-0.4, -0.2) is 18.6 Å². The first kappa shape index (κ1) is 14.6. The minimum Gasteiger partial charge on any atom is -0.483 e. The number of para-hydroxylation sites is 1. The van der Waals surface area contributed by atoms with Crippen molar-refractivity contribution in [2.75, 3.05) is 6.61 Å². The highest BCUT2D eigenvalue weighted by Gasteiger charge is 2.08. The van der Waals surface area contributed by atoms with Crippen LogP contribution in [0, 0.1) is 0 Å². The zero-order valence-electron chi connectivity index (χ0n) is 11.5. The van der Waals surface area contributed by atoms with Crippen LogP contribution in [0.5, 0.6) is 5.75 Å². The van der Waals surface area contributed by atoms with Crippen LogP contribution in [-0.2, 0) is 11.2 Å². The number of benzene rings is 1. The van der Waals surface area contributed by atoms with Crippen molar-refractivity contribution < 1.29 is 9.53 Å². The Kier molecular flexibility index (Phi) is 6.26. The van der Waals surface area contributed by atoms with Crippen molar-refractivity contribution in [3.05, 3.63) is 29.8 Å². The van der Waals surface area contributed by atoms with E-state index in [-0.39, 0.29) is 18.6 Å². The van der Waals surface area contributed by atoms with Crippen LogP contribution in [0.2, 0.25) is 0 Å². The van der Waals surface area contributed by atoms with Crippen molar-refractivity contribution in [3.8, 4) is 5.75 Å². The molecule has 18 heavy (non-hydrogen) atoms. The summed E-state index contributed by atoms with van der Waals surface area (Å²) in [6.07, 6.45) is 2.97. The lowest BCUT2D eigenvalue weighted by molar-refractivity contribution is -0.123. The van der Waals surface area contributed by atoms with Gasteiger partial charge in [-0.15, -0.1) is 0 Å². The van der Waals surface area contributed by atoms with Gasteiger partial charge in [0.15, 0.2) is 6.61 Å². The van der Waals surface area contributed by atoms with Gasteiger partial charge in [-0.1, -0.05) is 38.5 Å². The van der Waals surface area contributed by atoms with Gasteiger partial charge in [0, 0.05) is 6.04 Å². The lowest BCUT2D eigenvalue weighted by atomic mass is 10.1. The van der Waals surface area contributed by atoms with Crippen LogP contribution in [0.1, 0.15) is 39.2 Å². The number of ether oxygens (including phenoxy) is 1. The molecule has 0 bridgehead atoms. The maximum atomic E-state index is 11.7. The quantitative estimate of drug-likeness (QED) is 0.807. The van der Waals surface area contributed by atoms with Gasteiger partial charge in [-0.25, -0.2) is 0 Å². The van der Waals surface area contributed by atoms with Crippen LogP contribution in [0.4, 0.5) is 0 Å². The molecule has 0 aromatic heterocycles. The van der Waals surface area contributed by atoms with Gasteiger partial charge in [0.2, 0.25) is 0 Å². The standard InChI is InChI=1S/C15H23NO2/c1-4-8-12(3)16-15(17)11-18-14-10-7-6-9-13(14)5-2/h6-7,9-10,12H,4-5,8,11H2,1-3H3,(H,16,17)/t12-/m1/s1. The van der Waals surface area contributed by atoms with Crippen molar-refractivity contribution in [1.29, 1.82) is 0 Å². The molecule has 3 nitrogen and oxygen atoms in total. The van der Waals surface area contributed by atoms with Crippen LogP contribution < -0.4 is 10.1 Å². The Labute approximate surface area is 110 Å². The maximum absolute atomic E-state index is 11.7. The number of hydrogen-bond acceptors (Lipinski definition) is 2. The van der Waals surface area contributed by atoms with Crippen LogP contribution in [0.15, 0.2) is 24.3 Å². The molecule has 0 heterocycles. The molecule has 1 atom stereocenters. The molecule has 0 saturated heterocycles. The average Bonchev–Trinajstić information content (AvgIpc) is 2.37. The van der Waals surface area contributed by atoms with E-state index in [0.717, 1.165) is 30.6 Å². The predicted molar refractivity (Wildman–Crippen MR) is 73.8 cm³/mol. The first-order chi connectivity index (χ1) is 8.67. The second-order valence-corrected chi connectivity index (χ2v) is 4.51. The molecular formula is C15H23NO2. The first-order valence-electron chi connectivity index (χ1n) is 6.67. The normalized spacial score (nSPS) is 11.9. The maximum Gasteiger partial charge on any atom is 0.258 e. The van der Waals surface area contributed by atoms with E-state index in [0.29, 0.717) is 0 Å². The Morgan fingerprint density at radius 3 is 2.72 bits per heavy atom. The van der Waals surface area contributed by atoms with Crippen molar-refractivity contribution in [2.45, 2.75) is 46.1 Å². The highest BCUT2D eigenvalue weighted by molar-refractivity contribution is 5.77. The molecule has 0 fully saturated rings. The third kappa shape index (κ3) is 4.78. The van der Waals surface area contributed by atoms with E-state index in [1.807, 2.05) is 31.2 Å². The lowest BCUT2D eigenvalue weighted by Gasteiger charge is -2.14. The summed E-state index contributed by atoms with van der Waals surface area (Å²) in [5.41, 5.74) is 1.13. The second-order valence-electron chi connectivity index (χ2n) is 4.51. The van der Waals surface area contributed by atoms with Gasteiger partial charge in [-0.3, -0.25) is 4.79 Å². The average molecular weight is 249 g/mol. The van der Waals surface area contributed by atoms with E-state index in [2.05, 4.69) is 19.2 Å². The molecule has 0 aliphatic carbocycles. The van der Waals surface area contributed by atoms with Gasteiger partial charge in [0.05, 0.1) is 0 Å². The molecule has 1 aromatic rings. The fraction of sp³-hybridized carbons (Fsp3) is 0.533. The Hall–Kier alpha value is -1.51. The van der Waals surface area contributed by atoms with Gasteiger partial charge < -0.3 is 10.1 Å². The number of carbonyl (C=O) groups is 1. The fourth-order valence-corrected chi connectivity index (χ4v) is 1.90. The third-order valence-electron chi connectivity index (χ3n) is 2.84. The first-order valence-corrected chi connectivity index (χ1v) is 6.67. The SMILES string of the molecule is CCC[C@@H](C)NC(=O)COc1ccccc1CC.